The first-order chi connectivity index (χ1) is 12.2. The molecule has 3 rings (SSSR count). The maximum atomic E-state index is 11.7. The van der Waals surface area contributed by atoms with E-state index < -0.39 is 6.09 Å². The highest BCUT2D eigenvalue weighted by molar-refractivity contribution is 5.67. The Bertz CT molecular complexity index is 802. The zero-order chi connectivity index (χ0) is 17.5. The Labute approximate surface area is 147 Å². The topological polar surface area (TPSA) is 62.1 Å². The van der Waals surface area contributed by atoms with Crippen molar-refractivity contribution in [2.24, 2.45) is 0 Å². The Morgan fingerprint density at radius 2 is 2.00 bits per heavy atom. The lowest BCUT2D eigenvalue weighted by Gasteiger charge is -2.07. The van der Waals surface area contributed by atoms with Crippen molar-refractivity contribution >= 4 is 12.2 Å². The molecule has 126 valence electrons. The lowest BCUT2D eigenvalue weighted by molar-refractivity contribution is 0.141. The zero-order valence-corrected chi connectivity index (χ0v) is 13.9. The fraction of sp³-hybridized carbons (Fsp3) is 0.238. The van der Waals surface area contributed by atoms with Crippen LogP contribution in [0.1, 0.15) is 29.5 Å². The number of benzene rings is 2. The van der Waals surface area contributed by atoms with Crippen molar-refractivity contribution < 1.29 is 9.53 Å². The number of nitrogens with one attached hydrogen (secondary N) is 1. The molecule has 0 unspecified atom stereocenters. The summed E-state index contributed by atoms with van der Waals surface area (Å²) in [6.07, 6.45) is 5.24. The van der Waals surface area contributed by atoms with Gasteiger partial charge in [0.2, 0.25) is 0 Å². The summed E-state index contributed by atoms with van der Waals surface area (Å²) in [5.74, 6) is 0. The largest absolute Gasteiger partial charge is 0.445 e. The van der Waals surface area contributed by atoms with Gasteiger partial charge in [0.1, 0.15) is 6.61 Å². The van der Waals surface area contributed by atoms with Gasteiger partial charge in [-0.1, -0.05) is 66.7 Å². The minimum Gasteiger partial charge on any atom is -0.445 e. The van der Waals surface area contributed by atoms with E-state index in [4.69, 9.17) is 4.74 Å². The van der Waals surface area contributed by atoms with Crippen LogP contribution in [0.3, 0.4) is 0 Å². The van der Waals surface area contributed by atoms with Crippen molar-refractivity contribution in [2.75, 3.05) is 6.54 Å². The minimum atomic E-state index is -0.441. The van der Waals surface area contributed by atoms with Gasteiger partial charge in [0, 0.05) is 6.54 Å². The zero-order valence-electron chi connectivity index (χ0n) is 13.9. The molecule has 1 amide bonds. The van der Waals surface area contributed by atoms with Crippen LogP contribution in [0.5, 0.6) is 0 Å². The molecular weight excluding hydrogens is 312 g/mol. The average molecular weight is 332 g/mol. The first-order valence-electron chi connectivity index (χ1n) is 8.35. The lowest BCUT2D eigenvalue weighted by atomic mass is 9.96. The van der Waals surface area contributed by atoms with Gasteiger partial charge in [0.25, 0.3) is 0 Å². The third-order valence-corrected chi connectivity index (χ3v) is 4.29. The van der Waals surface area contributed by atoms with Crippen LogP contribution in [-0.2, 0) is 16.8 Å². The van der Waals surface area contributed by atoms with E-state index in [1.807, 2.05) is 66.7 Å². The van der Waals surface area contributed by atoms with Crippen LogP contribution in [0.2, 0.25) is 0 Å². The molecule has 0 saturated heterocycles. The van der Waals surface area contributed by atoms with E-state index >= 15 is 0 Å². The first kappa shape index (κ1) is 16.8. The standard InChI is InChI=1S/C21H20N2O2/c22-16-21(11-12-21)19-10-4-8-17(14-19)9-5-13-23-20(24)25-15-18-6-2-1-3-7-18/h1-10,14H,11-13,15H2,(H,23,24). The van der Waals surface area contributed by atoms with Crippen LogP contribution in [-0.4, -0.2) is 12.6 Å². The van der Waals surface area contributed by atoms with Gasteiger partial charge < -0.3 is 10.1 Å². The van der Waals surface area contributed by atoms with Crippen LogP contribution in [0.25, 0.3) is 6.08 Å². The number of rotatable bonds is 6. The minimum absolute atomic E-state index is 0.259. The summed E-state index contributed by atoms with van der Waals surface area (Å²) in [7, 11) is 0. The summed E-state index contributed by atoms with van der Waals surface area (Å²) < 4.78 is 5.15. The highest BCUT2D eigenvalue weighted by Crippen LogP contribution is 2.47. The number of nitrogens with zero attached hydrogens (tertiary/aromatic N) is 1. The third-order valence-electron chi connectivity index (χ3n) is 4.29. The molecule has 0 bridgehead atoms. The lowest BCUT2D eigenvalue weighted by Crippen LogP contribution is -2.24. The highest BCUT2D eigenvalue weighted by atomic mass is 16.5. The van der Waals surface area contributed by atoms with E-state index in [1.54, 1.807) is 0 Å². The third kappa shape index (κ3) is 4.48. The van der Waals surface area contributed by atoms with Gasteiger partial charge in [0.15, 0.2) is 0 Å². The summed E-state index contributed by atoms with van der Waals surface area (Å²) in [4.78, 5) is 11.7. The molecule has 1 fully saturated rings. The summed E-state index contributed by atoms with van der Waals surface area (Å²) in [5, 5.41) is 12.0. The van der Waals surface area contributed by atoms with Crippen LogP contribution < -0.4 is 5.32 Å². The molecule has 1 N–H and O–H groups in total. The highest BCUT2D eigenvalue weighted by Gasteiger charge is 2.44. The Morgan fingerprint density at radius 1 is 1.20 bits per heavy atom. The number of nitriles is 1. The van der Waals surface area contributed by atoms with E-state index in [0.717, 1.165) is 29.5 Å². The second-order valence-corrected chi connectivity index (χ2v) is 6.16. The molecule has 0 heterocycles. The molecule has 0 aromatic heterocycles. The van der Waals surface area contributed by atoms with Crippen molar-refractivity contribution in [1.82, 2.24) is 5.32 Å². The number of alkyl carbamates (subject to hydrolysis) is 1. The van der Waals surface area contributed by atoms with Gasteiger partial charge in [-0.05, 0) is 29.5 Å². The second kappa shape index (κ2) is 7.67. The van der Waals surface area contributed by atoms with Crippen LogP contribution >= 0.6 is 0 Å². The van der Waals surface area contributed by atoms with Gasteiger partial charge in [-0.3, -0.25) is 0 Å². The van der Waals surface area contributed by atoms with Crippen LogP contribution in [0.4, 0.5) is 4.79 Å². The van der Waals surface area contributed by atoms with Crippen molar-refractivity contribution in [3.63, 3.8) is 0 Å². The molecule has 0 spiro atoms. The number of carbonyl (C=O) groups is 1. The normalized spacial score (nSPS) is 14.7. The molecule has 4 nitrogen and oxygen atoms in total. The number of carbonyl (C=O) groups excluding carboxylic acids is 1. The summed E-state index contributed by atoms with van der Waals surface area (Å²) in [5.41, 5.74) is 2.78. The Kier molecular flexibility index (Phi) is 5.15. The number of ether oxygens (including phenoxy) is 1. The summed E-state index contributed by atoms with van der Waals surface area (Å²) in [6.45, 7) is 0.649. The van der Waals surface area contributed by atoms with Crippen molar-refractivity contribution in [2.45, 2.75) is 24.9 Å². The quantitative estimate of drug-likeness (QED) is 0.863. The number of amides is 1. The van der Waals surface area contributed by atoms with Gasteiger partial charge in [0.05, 0.1) is 11.5 Å². The maximum absolute atomic E-state index is 11.7. The SMILES string of the molecule is N#CC1(c2cccc(C=CCNC(=O)OCc3ccccc3)c2)CC1. The molecule has 4 heteroatoms. The summed E-state index contributed by atoms with van der Waals surface area (Å²) >= 11 is 0. The van der Waals surface area contributed by atoms with E-state index in [-0.39, 0.29) is 12.0 Å². The van der Waals surface area contributed by atoms with Crippen molar-refractivity contribution in [3.8, 4) is 6.07 Å². The van der Waals surface area contributed by atoms with Gasteiger partial charge >= 0.3 is 6.09 Å². The molecule has 25 heavy (non-hydrogen) atoms. The Hall–Kier alpha value is -3.06. The molecular formula is C21H20N2O2. The number of hydrogen-bond donors (Lipinski definition) is 1. The second-order valence-electron chi connectivity index (χ2n) is 6.16. The van der Waals surface area contributed by atoms with E-state index in [2.05, 4.69) is 11.4 Å². The Balaban J connectivity index is 1.45. The first-order valence-corrected chi connectivity index (χ1v) is 8.35. The van der Waals surface area contributed by atoms with Crippen molar-refractivity contribution in [1.29, 1.82) is 5.26 Å². The van der Waals surface area contributed by atoms with E-state index in [1.165, 1.54) is 0 Å². The molecule has 1 aliphatic carbocycles. The molecule has 0 atom stereocenters. The molecule has 1 aliphatic rings. The van der Waals surface area contributed by atoms with Crippen LogP contribution in [0.15, 0.2) is 60.7 Å². The van der Waals surface area contributed by atoms with E-state index in [9.17, 15) is 10.1 Å². The maximum Gasteiger partial charge on any atom is 0.407 e. The molecule has 2 aromatic carbocycles. The molecule has 0 radical (unpaired) electrons. The fourth-order valence-electron chi connectivity index (χ4n) is 2.64. The van der Waals surface area contributed by atoms with Crippen molar-refractivity contribution in [3.05, 3.63) is 77.4 Å². The monoisotopic (exact) mass is 332 g/mol. The molecule has 2 aromatic rings. The van der Waals surface area contributed by atoms with Gasteiger partial charge in [-0.25, -0.2) is 4.79 Å². The van der Waals surface area contributed by atoms with E-state index in [0.29, 0.717) is 6.54 Å². The predicted molar refractivity (Wildman–Crippen MR) is 96.6 cm³/mol. The smallest absolute Gasteiger partial charge is 0.407 e. The fourth-order valence-corrected chi connectivity index (χ4v) is 2.64. The van der Waals surface area contributed by atoms with Gasteiger partial charge in [-0.2, -0.15) is 5.26 Å². The Morgan fingerprint density at radius 3 is 2.72 bits per heavy atom. The molecule has 0 aliphatic heterocycles. The van der Waals surface area contributed by atoms with Crippen LogP contribution in [0, 0.1) is 11.3 Å². The summed E-state index contributed by atoms with van der Waals surface area (Å²) in [6, 6.07) is 20.0. The van der Waals surface area contributed by atoms with Gasteiger partial charge in [-0.15, -0.1) is 0 Å². The predicted octanol–water partition coefficient (Wildman–Crippen LogP) is 4.18. The average Bonchev–Trinajstić information content (AvgIpc) is 3.46. The molecule has 1 saturated carbocycles. The number of hydrogen-bond acceptors (Lipinski definition) is 3.